The molecule has 0 N–H and O–H groups in total. The van der Waals surface area contributed by atoms with Crippen LogP contribution in [0.4, 0.5) is 17.1 Å². The summed E-state index contributed by atoms with van der Waals surface area (Å²) in [5.41, 5.74) is 29.0. The average Bonchev–Trinajstić information content (AvgIpc) is 4.05. The zero-order chi connectivity index (χ0) is 44.8. The standard InChI is InChI=1S/C66H44N2/c1-64(2)49-26-10-4-22-44(49)48-37-55-61(38-54(48)64)67(60-33-17-24-46-43-21-5-11-27-50(43)65(55,3)62(46)60)57-31-14-8-18-40(57)39-34-35-59-56(36-39)66(51-28-12-6-19-41(51)42-20-7-13-29-52(42)66)53-30-16-25-47-45-23-9-15-32-58(45)68(59)63(47)53/h4-38H,1-3H3. The zero-order valence-corrected chi connectivity index (χ0v) is 38.1. The predicted octanol–water partition coefficient (Wildman–Crippen LogP) is 16.6. The molecule has 0 radical (unpaired) electrons. The molecule has 1 unspecified atom stereocenters. The monoisotopic (exact) mass is 864 g/mol. The Kier molecular flexibility index (Phi) is 6.75. The highest BCUT2D eigenvalue weighted by Gasteiger charge is 2.52. The molecule has 11 aromatic rings. The number of anilines is 3. The van der Waals surface area contributed by atoms with Crippen molar-refractivity contribution >= 4 is 38.9 Å². The number of rotatable bonds is 2. The number of fused-ring (bicyclic) bond motifs is 20. The fraction of sp³-hybridized carbons (Fsp3) is 0.0909. The van der Waals surface area contributed by atoms with Crippen LogP contribution in [0.15, 0.2) is 212 Å². The number of para-hydroxylation sites is 3. The number of hydrogen-bond donors (Lipinski definition) is 0. The molecule has 68 heavy (non-hydrogen) atoms. The van der Waals surface area contributed by atoms with E-state index >= 15 is 0 Å². The zero-order valence-electron chi connectivity index (χ0n) is 38.1. The van der Waals surface area contributed by atoms with Gasteiger partial charge in [-0.25, -0.2) is 0 Å². The molecule has 0 saturated heterocycles. The summed E-state index contributed by atoms with van der Waals surface area (Å²) in [6, 6.07) is 81.3. The SMILES string of the molecule is CC1(C)c2ccccc2-c2cc3c(cc21)N(c1ccccc1-c1ccc2c(c1)C1(c4ccccc4-c4ccccc41)c1cccc4c5ccccc5n-2c14)c1cccc2c1C3(C)c1ccccc1-2. The Morgan fingerprint density at radius 1 is 0.324 bits per heavy atom. The van der Waals surface area contributed by atoms with Gasteiger partial charge in [-0.2, -0.15) is 0 Å². The summed E-state index contributed by atoms with van der Waals surface area (Å²) in [7, 11) is 0. The van der Waals surface area contributed by atoms with E-state index in [0.717, 1.165) is 0 Å². The predicted molar refractivity (Wildman–Crippen MR) is 280 cm³/mol. The van der Waals surface area contributed by atoms with Crippen LogP contribution in [0.25, 0.3) is 72.0 Å². The van der Waals surface area contributed by atoms with Crippen molar-refractivity contribution < 1.29 is 0 Å². The Balaban J connectivity index is 0.997. The molecule has 5 aliphatic rings. The van der Waals surface area contributed by atoms with Crippen molar-refractivity contribution in [3.63, 3.8) is 0 Å². The molecule has 1 spiro atoms. The summed E-state index contributed by atoms with van der Waals surface area (Å²) in [5, 5.41) is 2.58. The Hall–Kier alpha value is -8.20. The fourth-order valence-corrected chi connectivity index (χ4v) is 14.4. The van der Waals surface area contributed by atoms with Crippen LogP contribution in [0.5, 0.6) is 0 Å². The molecular formula is C66H44N2. The molecule has 0 saturated carbocycles. The van der Waals surface area contributed by atoms with Crippen LogP contribution in [0.3, 0.4) is 0 Å². The van der Waals surface area contributed by atoms with Gasteiger partial charge in [-0.1, -0.05) is 184 Å². The lowest BCUT2D eigenvalue weighted by atomic mass is 9.65. The number of aromatic nitrogens is 1. The minimum Gasteiger partial charge on any atom is -0.309 e. The molecule has 318 valence electrons. The van der Waals surface area contributed by atoms with Gasteiger partial charge in [0.1, 0.15) is 0 Å². The molecule has 0 bridgehead atoms. The van der Waals surface area contributed by atoms with Crippen molar-refractivity contribution in [2.24, 2.45) is 0 Å². The largest absolute Gasteiger partial charge is 0.309 e. The lowest BCUT2D eigenvalue weighted by Crippen LogP contribution is -2.33. The van der Waals surface area contributed by atoms with Crippen molar-refractivity contribution in [3.05, 3.63) is 262 Å². The number of benzene rings is 10. The van der Waals surface area contributed by atoms with Gasteiger partial charge in [0, 0.05) is 27.2 Å². The van der Waals surface area contributed by atoms with Gasteiger partial charge in [0.15, 0.2) is 0 Å². The van der Waals surface area contributed by atoms with Gasteiger partial charge >= 0.3 is 0 Å². The normalized spacial score (nSPS) is 17.3. The molecule has 2 nitrogen and oxygen atoms in total. The third kappa shape index (κ3) is 4.12. The first-order valence-corrected chi connectivity index (χ1v) is 24.2. The topological polar surface area (TPSA) is 8.17 Å². The molecule has 3 aliphatic carbocycles. The second-order valence-electron chi connectivity index (χ2n) is 20.4. The maximum atomic E-state index is 2.63. The number of nitrogens with zero attached hydrogens (tertiary/aromatic N) is 2. The highest BCUT2D eigenvalue weighted by molar-refractivity contribution is 6.13. The number of hydrogen-bond acceptors (Lipinski definition) is 1. The molecule has 10 aromatic carbocycles. The first-order valence-electron chi connectivity index (χ1n) is 24.2. The van der Waals surface area contributed by atoms with E-state index in [1.54, 1.807) is 0 Å². The maximum absolute atomic E-state index is 2.63. The third-order valence-electron chi connectivity index (χ3n) is 17.2. The van der Waals surface area contributed by atoms with Crippen LogP contribution in [-0.2, 0) is 16.2 Å². The summed E-state index contributed by atoms with van der Waals surface area (Å²) >= 11 is 0. The third-order valence-corrected chi connectivity index (χ3v) is 17.2. The van der Waals surface area contributed by atoms with Gasteiger partial charge in [-0.3, -0.25) is 0 Å². The Morgan fingerprint density at radius 2 is 0.882 bits per heavy atom. The Bertz CT molecular complexity index is 4060. The van der Waals surface area contributed by atoms with Crippen molar-refractivity contribution in [1.82, 2.24) is 4.57 Å². The molecule has 2 heteroatoms. The van der Waals surface area contributed by atoms with E-state index < -0.39 is 5.41 Å². The van der Waals surface area contributed by atoms with Gasteiger partial charge in [-0.05, 0) is 138 Å². The highest BCUT2D eigenvalue weighted by Crippen LogP contribution is 2.66. The second-order valence-corrected chi connectivity index (χ2v) is 20.4. The van der Waals surface area contributed by atoms with Crippen molar-refractivity contribution in [1.29, 1.82) is 0 Å². The van der Waals surface area contributed by atoms with E-state index in [1.807, 2.05) is 0 Å². The van der Waals surface area contributed by atoms with Crippen LogP contribution in [0.1, 0.15) is 70.8 Å². The maximum Gasteiger partial charge on any atom is 0.0754 e. The van der Waals surface area contributed by atoms with E-state index in [2.05, 4.69) is 243 Å². The Morgan fingerprint density at radius 3 is 1.65 bits per heavy atom. The average molecular weight is 865 g/mol. The van der Waals surface area contributed by atoms with Gasteiger partial charge in [0.25, 0.3) is 0 Å². The van der Waals surface area contributed by atoms with E-state index in [9.17, 15) is 0 Å². The smallest absolute Gasteiger partial charge is 0.0754 e. The second kappa shape index (κ2) is 12.4. The molecular weight excluding hydrogens is 821 g/mol. The molecule has 0 fully saturated rings. The van der Waals surface area contributed by atoms with Crippen molar-refractivity contribution in [2.75, 3.05) is 4.90 Å². The molecule has 0 amide bonds. The van der Waals surface area contributed by atoms with E-state index in [1.165, 1.54) is 139 Å². The van der Waals surface area contributed by atoms with Crippen LogP contribution < -0.4 is 4.90 Å². The summed E-state index contributed by atoms with van der Waals surface area (Å²) in [5.74, 6) is 0. The van der Waals surface area contributed by atoms with Crippen LogP contribution in [0, 0.1) is 0 Å². The van der Waals surface area contributed by atoms with Gasteiger partial charge < -0.3 is 9.47 Å². The minimum absolute atomic E-state index is 0.159. The molecule has 3 heterocycles. The first-order chi connectivity index (χ1) is 33.4. The van der Waals surface area contributed by atoms with Crippen LogP contribution in [-0.4, -0.2) is 4.57 Å². The van der Waals surface area contributed by atoms with E-state index in [-0.39, 0.29) is 10.8 Å². The molecule has 1 aromatic heterocycles. The molecule has 2 aliphatic heterocycles. The Labute approximate surface area is 396 Å². The first kappa shape index (κ1) is 37.0. The fourth-order valence-electron chi connectivity index (χ4n) is 14.4. The van der Waals surface area contributed by atoms with Gasteiger partial charge in [0.05, 0.1) is 39.2 Å². The summed E-state index contributed by atoms with van der Waals surface area (Å²) < 4.78 is 2.56. The van der Waals surface area contributed by atoms with E-state index in [4.69, 9.17) is 0 Å². The summed E-state index contributed by atoms with van der Waals surface area (Å²) in [6.07, 6.45) is 0. The van der Waals surface area contributed by atoms with Gasteiger partial charge in [-0.15, -0.1) is 0 Å². The minimum atomic E-state index is -0.538. The lowest BCUT2D eigenvalue weighted by molar-refractivity contribution is 0.656. The van der Waals surface area contributed by atoms with Crippen molar-refractivity contribution in [2.45, 2.75) is 37.0 Å². The van der Waals surface area contributed by atoms with Crippen LogP contribution in [0.2, 0.25) is 0 Å². The van der Waals surface area contributed by atoms with Gasteiger partial charge in [0.2, 0.25) is 0 Å². The quantitative estimate of drug-likeness (QED) is 0.168. The summed E-state index contributed by atoms with van der Waals surface area (Å²) in [6.45, 7) is 7.31. The summed E-state index contributed by atoms with van der Waals surface area (Å²) in [4.78, 5) is 2.63. The molecule has 16 rings (SSSR count). The highest BCUT2D eigenvalue weighted by atomic mass is 15.2. The van der Waals surface area contributed by atoms with Crippen molar-refractivity contribution in [3.8, 4) is 50.2 Å². The van der Waals surface area contributed by atoms with E-state index in [0.29, 0.717) is 0 Å². The molecule has 1 atom stereocenters. The van der Waals surface area contributed by atoms with Crippen LogP contribution >= 0.6 is 0 Å². The lowest BCUT2D eigenvalue weighted by Gasteiger charge is -2.44.